The molecule has 0 saturated carbocycles. The van der Waals surface area contributed by atoms with Crippen molar-refractivity contribution in [2.24, 2.45) is 0 Å². The van der Waals surface area contributed by atoms with Gasteiger partial charge in [-0.1, -0.05) is 12.1 Å². The second-order valence-corrected chi connectivity index (χ2v) is 3.97. The van der Waals surface area contributed by atoms with Crippen LogP contribution in [0, 0.1) is 5.82 Å². The van der Waals surface area contributed by atoms with Crippen LogP contribution in [0.5, 0.6) is 0 Å². The first-order valence-electron chi connectivity index (χ1n) is 5.60. The van der Waals surface area contributed by atoms with E-state index in [1.807, 2.05) is 0 Å². The van der Waals surface area contributed by atoms with Crippen LogP contribution in [-0.4, -0.2) is 34.9 Å². The molecule has 2 atom stereocenters. The van der Waals surface area contributed by atoms with Crippen LogP contribution in [0.25, 0.3) is 0 Å². The minimum Gasteiger partial charge on any atom is -0.480 e. The smallest absolute Gasteiger partial charge is 0.328 e. The highest BCUT2D eigenvalue weighted by Crippen LogP contribution is 2.13. The lowest BCUT2D eigenvalue weighted by Gasteiger charge is -2.17. The first-order valence-corrected chi connectivity index (χ1v) is 5.60. The fourth-order valence-electron chi connectivity index (χ4n) is 1.44. The van der Waals surface area contributed by atoms with E-state index < -0.39 is 36.5 Å². The van der Waals surface area contributed by atoms with Crippen LogP contribution in [0.3, 0.4) is 0 Å². The number of aliphatic carboxylic acids is 1. The topological polar surface area (TPSA) is 98.7 Å². The number of benzene rings is 1. The number of carboxylic acid groups (broad SMARTS) is 1. The van der Waals surface area contributed by atoms with Crippen molar-refractivity contribution in [3.8, 4) is 0 Å². The van der Waals surface area contributed by atoms with Crippen LogP contribution in [0.2, 0.25) is 0 Å². The summed E-state index contributed by atoms with van der Waals surface area (Å²) in [7, 11) is 0. The Morgan fingerprint density at radius 1 is 1.37 bits per heavy atom. The monoisotopic (exact) mass is 270 g/mol. The first kappa shape index (κ1) is 14.9. The Morgan fingerprint density at radius 3 is 2.58 bits per heavy atom. The zero-order chi connectivity index (χ0) is 14.4. The average Bonchev–Trinajstić information content (AvgIpc) is 2.35. The van der Waals surface area contributed by atoms with Crippen molar-refractivity contribution in [3.63, 3.8) is 0 Å². The third kappa shape index (κ3) is 4.55. The minimum absolute atomic E-state index is 0.426. The molecule has 0 aliphatic carbocycles. The number of rotatable bonds is 5. The number of nitrogens with one attached hydrogen (secondary N) is 2. The lowest BCUT2D eigenvalue weighted by Crippen LogP contribution is -2.48. The Hall–Kier alpha value is -2.15. The molecule has 0 saturated heterocycles. The van der Waals surface area contributed by atoms with Crippen LogP contribution in [0.1, 0.15) is 18.5 Å². The van der Waals surface area contributed by atoms with Crippen LogP contribution in [0.4, 0.5) is 9.18 Å². The average molecular weight is 270 g/mol. The maximum absolute atomic E-state index is 13.0. The third-order valence-electron chi connectivity index (χ3n) is 2.48. The van der Waals surface area contributed by atoms with Gasteiger partial charge in [0.1, 0.15) is 5.82 Å². The largest absolute Gasteiger partial charge is 0.480 e. The van der Waals surface area contributed by atoms with Crippen molar-refractivity contribution >= 4 is 12.0 Å². The maximum atomic E-state index is 13.0. The number of amides is 2. The van der Waals surface area contributed by atoms with Gasteiger partial charge in [-0.05, 0) is 24.6 Å². The second-order valence-electron chi connectivity index (χ2n) is 3.97. The number of aliphatic hydroxyl groups excluding tert-OH is 1. The molecule has 0 heterocycles. The molecule has 0 radical (unpaired) electrons. The predicted molar refractivity (Wildman–Crippen MR) is 65.0 cm³/mol. The van der Waals surface area contributed by atoms with Crippen molar-refractivity contribution in [2.45, 2.75) is 19.0 Å². The summed E-state index contributed by atoms with van der Waals surface area (Å²) in [5.41, 5.74) is 0.547. The molecule has 7 heteroatoms. The number of urea groups is 1. The molecule has 6 nitrogen and oxygen atoms in total. The summed E-state index contributed by atoms with van der Waals surface area (Å²) in [5, 5.41) is 22.0. The molecule has 1 rings (SSSR count). The molecular weight excluding hydrogens is 255 g/mol. The van der Waals surface area contributed by atoms with Gasteiger partial charge < -0.3 is 20.8 Å². The van der Waals surface area contributed by atoms with Gasteiger partial charge in [-0.2, -0.15) is 0 Å². The van der Waals surface area contributed by atoms with Gasteiger partial charge in [0.25, 0.3) is 0 Å². The van der Waals surface area contributed by atoms with Crippen LogP contribution < -0.4 is 10.6 Å². The third-order valence-corrected chi connectivity index (χ3v) is 2.48. The molecular formula is C12H15FN2O4. The lowest BCUT2D eigenvalue weighted by atomic mass is 10.1. The molecule has 2 amide bonds. The van der Waals surface area contributed by atoms with E-state index in [2.05, 4.69) is 10.6 Å². The molecule has 1 unspecified atom stereocenters. The van der Waals surface area contributed by atoms with E-state index in [4.69, 9.17) is 10.2 Å². The Labute approximate surface area is 109 Å². The number of hydrogen-bond donors (Lipinski definition) is 4. The van der Waals surface area contributed by atoms with E-state index in [1.54, 1.807) is 13.0 Å². The zero-order valence-electron chi connectivity index (χ0n) is 10.3. The highest BCUT2D eigenvalue weighted by molar-refractivity contribution is 5.82. The van der Waals surface area contributed by atoms with E-state index >= 15 is 0 Å². The summed E-state index contributed by atoms with van der Waals surface area (Å²) in [4.78, 5) is 22.1. The van der Waals surface area contributed by atoms with Crippen molar-refractivity contribution in [1.82, 2.24) is 10.6 Å². The fourth-order valence-corrected chi connectivity index (χ4v) is 1.44. The first-order chi connectivity index (χ1) is 8.93. The van der Waals surface area contributed by atoms with E-state index in [0.29, 0.717) is 5.56 Å². The molecule has 19 heavy (non-hydrogen) atoms. The highest BCUT2D eigenvalue weighted by Gasteiger charge is 2.19. The van der Waals surface area contributed by atoms with Gasteiger partial charge in [-0.3, -0.25) is 0 Å². The molecule has 0 fully saturated rings. The van der Waals surface area contributed by atoms with E-state index in [-0.39, 0.29) is 0 Å². The highest BCUT2D eigenvalue weighted by atomic mass is 19.1. The van der Waals surface area contributed by atoms with Crippen LogP contribution >= 0.6 is 0 Å². The Balaban J connectivity index is 2.59. The summed E-state index contributed by atoms with van der Waals surface area (Å²) in [5.74, 6) is -1.76. The van der Waals surface area contributed by atoms with Gasteiger partial charge in [-0.15, -0.1) is 0 Å². The standard InChI is InChI=1S/C12H15FN2O4/c1-7(8-3-2-4-9(13)5-8)14-12(19)15-10(6-16)11(17)18/h2-5,7,10,16H,6H2,1H3,(H,17,18)(H2,14,15,19)/t7?,10-/m1/s1. The molecule has 0 aliphatic heterocycles. The lowest BCUT2D eigenvalue weighted by molar-refractivity contribution is -0.140. The molecule has 0 bridgehead atoms. The van der Waals surface area contributed by atoms with Crippen LogP contribution in [0.15, 0.2) is 24.3 Å². The SMILES string of the molecule is CC(NC(=O)N[C@H](CO)C(=O)O)c1cccc(F)c1. The molecule has 1 aromatic carbocycles. The Kier molecular flexibility index (Phi) is 5.25. The Bertz CT molecular complexity index is 467. The van der Waals surface area contributed by atoms with Gasteiger partial charge in [0.2, 0.25) is 0 Å². The minimum atomic E-state index is -1.38. The zero-order valence-corrected chi connectivity index (χ0v) is 10.3. The van der Waals surface area contributed by atoms with Crippen molar-refractivity contribution in [1.29, 1.82) is 0 Å². The van der Waals surface area contributed by atoms with E-state index in [9.17, 15) is 14.0 Å². The van der Waals surface area contributed by atoms with E-state index in [1.165, 1.54) is 18.2 Å². The molecule has 0 aliphatic rings. The number of carbonyl (C=O) groups excluding carboxylic acids is 1. The van der Waals surface area contributed by atoms with Gasteiger partial charge in [0.05, 0.1) is 12.6 Å². The maximum Gasteiger partial charge on any atom is 0.328 e. The molecule has 4 N–H and O–H groups in total. The van der Waals surface area contributed by atoms with Crippen LogP contribution in [-0.2, 0) is 4.79 Å². The number of halogens is 1. The van der Waals surface area contributed by atoms with Gasteiger partial charge in [-0.25, -0.2) is 14.0 Å². The summed E-state index contributed by atoms with van der Waals surface area (Å²) >= 11 is 0. The van der Waals surface area contributed by atoms with E-state index in [0.717, 1.165) is 0 Å². The van der Waals surface area contributed by atoms with Crippen molar-refractivity contribution < 1.29 is 24.2 Å². The number of carboxylic acids is 1. The van der Waals surface area contributed by atoms with Gasteiger partial charge in [0, 0.05) is 0 Å². The normalized spacial score (nSPS) is 13.4. The molecule has 1 aromatic rings. The van der Waals surface area contributed by atoms with Crippen molar-refractivity contribution in [2.75, 3.05) is 6.61 Å². The predicted octanol–water partition coefficient (Wildman–Crippen LogP) is 0.631. The number of carbonyl (C=O) groups is 2. The number of aliphatic hydroxyl groups is 1. The Morgan fingerprint density at radius 2 is 2.05 bits per heavy atom. The molecule has 104 valence electrons. The van der Waals surface area contributed by atoms with Crippen molar-refractivity contribution in [3.05, 3.63) is 35.6 Å². The second kappa shape index (κ2) is 6.69. The van der Waals surface area contributed by atoms with Gasteiger partial charge in [0.15, 0.2) is 6.04 Å². The molecule has 0 spiro atoms. The van der Waals surface area contributed by atoms with Gasteiger partial charge >= 0.3 is 12.0 Å². The summed E-state index contributed by atoms with van der Waals surface area (Å²) in [6.45, 7) is 0.917. The summed E-state index contributed by atoms with van der Waals surface area (Å²) in [6.07, 6.45) is 0. The quantitative estimate of drug-likeness (QED) is 0.630. The fraction of sp³-hybridized carbons (Fsp3) is 0.333. The summed E-state index contributed by atoms with van der Waals surface area (Å²) in [6, 6.07) is 3.07. The number of hydrogen-bond acceptors (Lipinski definition) is 3. The molecule has 0 aromatic heterocycles. The summed E-state index contributed by atoms with van der Waals surface area (Å²) < 4.78 is 13.0.